The first kappa shape index (κ1) is 20.7. The number of rotatable bonds is 9. The molecule has 1 aliphatic heterocycles. The van der Waals surface area contributed by atoms with Gasteiger partial charge < -0.3 is 20.6 Å². The third kappa shape index (κ3) is 8.19. The highest BCUT2D eigenvalue weighted by atomic mass is 16.3. The van der Waals surface area contributed by atoms with E-state index < -0.39 is 0 Å². The molecule has 1 aromatic rings. The van der Waals surface area contributed by atoms with E-state index in [9.17, 15) is 5.11 Å². The SMILES string of the molecule is CCNC(=NCCCN1CCC(O)CC1)NC(C)CCc1ccccc1. The highest BCUT2D eigenvalue weighted by Crippen LogP contribution is 2.10. The van der Waals surface area contributed by atoms with Crippen molar-refractivity contribution < 1.29 is 5.11 Å². The van der Waals surface area contributed by atoms with E-state index in [1.807, 2.05) is 0 Å². The number of aliphatic hydroxyl groups is 1. The molecule has 1 fully saturated rings. The minimum atomic E-state index is -0.0915. The Morgan fingerprint density at radius 2 is 2.00 bits per heavy atom. The number of nitrogens with zero attached hydrogens (tertiary/aromatic N) is 2. The number of aliphatic hydroxyl groups excluding tert-OH is 1. The molecule has 5 heteroatoms. The fraction of sp³-hybridized carbons (Fsp3) is 0.667. The van der Waals surface area contributed by atoms with Crippen molar-refractivity contribution in [1.82, 2.24) is 15.5 Å². The highest BCUT2D eigenvalue weighted by Gasteiger charge is 2.16. The molecule has 1 saturated heterocycles. The molecular formula is C21H36N4O. The van der Waals surface area contributed by atoms with Gasteiger partial charge in [-0.1, -0.05) is 30.3 Å². The quantitative estimate of drug-likeness (QED) is 0.360. The van der Waals surface area contributed by atoms with Crippen LogP contribution in [0, 0.1) is 0 Å². The first-order valence-electron chi connectivity index (χ1n) is 10.2. The molecule has 5 nitrogen and oxygen atoms in total. The van der Waals surface area contributed by atoms with Crippen molar-refractivity contribution in [2.45, 2.75) is 58.1 Å². The Hall–Kier alpha value is -1.59. The summed E-state index contributed by atoms with van der Waals surface area (Å²) in [5.41, 5.74) is 1.38. The van der Waals surface area contributed by atoms with Crippen molar-refractivity contribution in [3.05, 3.63) is 35.9 Å². The zero-order valence-electron chi connectivity index (χ0n) is 16.5. The summed E-state index contributed by atoms with van der Waals surface area (Å²) in [6.45, 7) is 9.12. The lowest BCUT2D eigenvalue weighted by molar-refractivity contribution is 0.0824. The van der Waals surface area contributed by atoms with Crippen LogP contribution in [0.3, 0.4) is 0 Å². The molecule has 0 radical (unpaired) electrons. The van der Waals surface area contributed by atoms with Crippen LogP contribution in [0.15, 0.2) is 35.3 Å². The Labute approximate surface area is 158 Å². The van der Waals surface area contributed by atoms with E-state index in [0.29, 0.717) is 6.04 Å². The summed E-state index contributed by atoms with van der Waals surface area (Å²) in [6.07, 6.45) is 4.95. The monoisotopic (exact) mass is 360 g/mol. The van der Waals surface area contributed by atoms with Crippen molar-refractivity contribution in [2.75, 3.05) is 32.7 Å². The predicted octanol–water partition coefficient (Wildman–Crippen LogP) is 2.41. The molecular weight excluding hydrogens is 324 g/mol. The maximum atomic E-state index is 9.57. The molecule has 0 spiro atoms. The molecule has 1 heterocycles. The van der Waals surface area contributed by atoms with Gasteiger partial charge in [0.2, 0.25) is 0 Å². The lowest BCUT2D eigenvalue weighted by Crippen LogP contribution is -2.42. The molecule has 0 aromatic heterocycles. The number of piperidine rings is 1. The van der Waals surface area contributed by atoms with Crippen molar-refractivity contribution in [1.29, 1.82) is 0 Å². The third-order valence-corrected chi connectivity index (χ3v) is 4.90. The van der Waals surface area contributed by atoms with Gasteiger partial charge in [0.05, 0.1) is 6.10 Å². The van der Waals surface area contributed by atoms with Crippen LogP contribution in [0.1, 0.15) is 45.1 Å². The number of hydrogen-bond acceptors (Lipinski definition) is 3. The lowest BCUT2D eigenvalue weighted by Gasteiger charge is -2.29. The summed E-state index contributed by atoms with van der Waals surface area (Å²) >= 11 is 0. The van der Waals surface area contributed by atoms with Gasteiger partial charge in [0.1, 0.15) is 0 Å². The second-order valence-electron chi connectivity index (χ2n) is 7.26. The molecule has 1 unspecified atom stereocenters. The fourth-order valence-corrected chi connectivity index (χ4v) is 3.28. The molecule has 146 valence electrons. The number of guanidine groups is 1. The Balaban J connectivity index is 1.68. The molecule has 26 heavy (non-hydrogen) atoms. The molecule has 0 bridgehead atoms. The number of likely N-dealkylation sites (tertiary alicyclic amines) is 1. The predicted molar refractivity (Wildman–Crippen MR) is 110 cm³/mol. The average Bonchev–Trinajstić information content (AvgIpc) is 2.66. The largest absolute Gasteiger partial charge is 0.393 e. The second-order valence-corrected chi connectivity index (χ2v) is 7.26. The van der Waals surface area contributed by atoms with Crippen LogP contribution in [0.25, 0.3) is 0 Å². The Morgan fingerprint density at radius 3 is 2.69 bits per heavy atom. The van der Waals surface area contributed by atoms with Gasteiger partial charge in [-0.2, -0.15) is 0 Å². The van der Waals surface area contributed by atoms with Crippen LogP contribution in [0.2, 0.25) is 0 Å². The third-order valence-electron chi connectivity index (χ3n) is 4.90. The second kappa shape index (κ2) is 11.9. The maximum absolute atomic E-state index is 9.57. The molecule has 3 N–H and O–H groups in total. The van der Waals surface area contributed by atoms with Crippen molar-refractivity contribution in [3.8, 4) is 0 Å². The zero-order valence-corrected chi connectivity index (χ0v) is 16.5. The van der Waals surface area contributed by atoms with Gasteiger partial charge in [0, 0.05) is 32.2 Å². The minimum Gasteiger partial charge on any atom is -0.393 e. The molecule has 2 rings (SSSR count). The van der Waals surface area contributed by atoms with Gasteiger partial charge in [-0.15, -0.1) is 0 Å². The summed E-state index contributed by atoms with van der Waals surface area (Å²) in [5, 5.41) is 16.4. The van der Waals surface area contributed by atoms with Crippen molar-refractivity contribution in [2.24, 2.45) is 4.99 Å². The fourth-order valence-electron chi connectivity index (χ4n) is 3.28. The number of aryl methyl sites for hydroxylation is 1. The van der Waals surface area contributed by atoms with E-state index >= 15 is 0 Å². The van der Waals surface area contributed by atoms with Crippen molar-refractivity contribution in [3.63, 3.8) is 0 Å². The van der Waals surface area contributed by atoms with Crippen LogP contribution in [-0.4, -0.2) is 60.8 Å². The van der Waals surface area contributed by atoms with E-state index in [1.54, 1.807) is 0 Å². The number of nitrogens with one attached hydrogen (secondary N) is 2. The van der Waals surface area contributed by atoms with Gasteiger partial charge in [-0.05, 0) is 58.1 Å². The smallest absolute Gasteiger partial charge is 0.191 e. The average molecular weight is 361 g/mol. The number of benzene rings is 1. The van der Waals surface area contributed by atoms with Gasteiger partial charge >= 0.3 is 0 Å². The van der Waals surface area contributed by atoms with E-state index in [1.165, 1.54) is 5.56 Å². The molecule has 1 aromatic carbocycles. The van der Waals surface area contributed by atoms with E-state index in [0.717, 1.165) is 70.8 Å². The molecule has 0 amide bonds. The standard InChI is InChI=1S/C21H36N4O/c1-3-22-21(23-14-7-15-25-16-12-20(26)13-17-25)24-18(2)10-11-19-8-5-4-6-9-19/h4-6,8-9,18,20,26H,3,7,10-17H2,1-2H3,(H2,22,23,24). The van der Waals surface area contributed by atoms with Gasteiger partial charge in [0.15, 0.2) is 5.96 Å². The minimum absolute atomic E-state index is 0.0915. The van der Waals surface area contributed by atoms with E-state index in [4.69, 9.17) is 4.99 Å². The molecule has 1 atom stereocenters. The summed E-state index contributed by atoms with van der Waals surface area (Å²) in [7, 11) is 0. The summed E-state index contributed by atoms with van der Waals surface area (Å²) < 4.78 is 0. The maximum Gasteiger partial charge on any atom is 0.191 e. The lowest BCUT2D eigenvalue weighted by atomic mass is 10.1. The normalized spacial score (nSPS) is 17.9. The van der Waals surface area contributed by atoms with Crippen LogP contribution in [0.4, 0.5) is 0 Å². The van der Waals surface area contributed by atoms with Gasteiger partial charge in [0.25, 0.3) is 0 Å². The molecule has 0 aliphatic carbocycles. The Morgan fingerprint density at radius 1 is 1.27 bits per heavy atom. The summed E-state index contributed by atoms with van der Waals surface area (Å²) in [5.74, 6) is 0.919. The van der Waals surface area contributed by atoms with Crippen LogP contribution in [0.5, 0.6) is 0 Å². The van der Waals surface area contributed by atoms with E-state index in [-0.39, 0.29) is 6.10 Å². The van der Waals surface area contributed by atoms with E-state index in [2.05, 4.69) is 59.7 Å². The first-order chi connectivity index (χ1) is 12.7. The van der Waals surface area contributed by atoms with Gasteiger partial charge in [-0.25, -0.2) is 0 Å². The van der Waals surface area contributed by atoms with Gasteiger partial charge in [-0.3, -0.25) is 4.99 Å². The molecule has 1 aliphatic rings. The summed E-state index contributed by atoms with van der Waals surface area (Å²) in [6, 6.07) is 11.0. The number of hydrogen-bond donors (Lipinski definition) is 3. The molecule has 0 saturated carbocycles. The van der Waals surface area contributed by atoms with Crippen LogP contribution in [-0.2, 0) is 6.42 Å². The van der Waals surface area contributed by atoms with Crippen molar-refractivity contribution >= 4 is 5.96 Å². The zero-order chi connectivity index (χ0) is 18.6. The first-order valence-corrected chi connectivity index (χ1v) is 10.2. The van der Waals surface area contributed by atoms with Crippen LogP contribution < -0.4 is 10.6 Å². The highest BCUT2D eigenvalue weighted by molar-refractivity contribution is 5.80. The van der Waals surface area contributed by atoms with Crippen LogP contribution >= 0.6 is 0 Å². The number of aliphatic imine (C=N–C) groups is 1. The topological polar surface area (TPSA) is 59.9 Å². The Bertz CT molecular complexity index is 512. The summed E-state index contributed by atoms with van der Waals surface area (Å²) in [4.78, 5) is 7.16. The Kier molecular flexibility index (Phi) is 9.50.